The number of carboxylic acid groups (broad SMARTS) is 1. The predicted molar refractivity (Wildman–Crippen MR) is 146 cm³/mol. The first-order valence-corrected chi connectivity index (χ1v) is 13.3. The van der Waals surface area contributed by atoms with E-state index < -0.39 is 5.97 Å². The highest BCUT2D eigenvalue weighted by atomic mass is 16.5. The van der Waals surface area contributed by atoms with Crippen LogP contribution in [0.5, 0.6) is 0 Å². The summed E-state index contributed by atoms with van der Waals surface area (Å²) in [5, 5.41) is 10.4. The van der Waals surface area contributed by atoms with Crippen LogP contribution in [-0.2, 0) is 11.2 Å². The third kappa shape index (κ3) is 7.05. The van der Waals surface area contributed by atoms with E-state index in [2.05, 4.69) is 44.2 Å². The van der Waals surface area contributed by atoms with Crippen molar-refractivity contribution in [2.24, 2.45) is 0 Å². The van der Waals surface area contributed by atoms with Crippen molar-refractivity contribution in [2.75, 3.05) is 6.61 Å². The summed E-state index contributed by atoms with van der Waals surface area (Å²) in [6.07, 6.45) is 8.83. The molecule has 0 aliphatic heterocycles. The molecule has 0 amide bonds. The number of ether oxygens (including phenoxy) is 1. The fourth-order valence-electron chi connectivity index (χ4n) is 4.73. The van der Waals surface area contributed by atoms with Gasteiger partial charge < -0.3 is 9.84 Å². The Balaban J connectivity index is 2.03. The number of aryl methyl sites for hydroxylation is 1. The Kier molecular flexibility index (Phi) is 10.6. The minimum Gasteiger partial charge on any atom is -0.478 e. The molecule has 0 fully saturated rings. The van der Waals surface area contributed by atoms with Crippen LogP contribution in [0.1, 0.15) is 93.3 Å². The van der Waals surface area contributed by atoms with E-state index in [4.69, 9.17) is 4.74 Å². The van der Waals surface area contributed by atoms with E-state index in [9.17, 15) is 9.90 Å². The quantitative estimate of drug-likeness (QED) is 0.238. The molecule has 0 aliphatic carbocycles. The highest BCUT2D eigenvalue weighted by molar-refractivity contribution is 6.02. The average Bonchev–Trinajstić information content (AvgIpc) is 2.89. The lowest BCUT2D eigenvalue weighted by Gasteiger charge is -2.23. The number of aromatic carboxylic acids is 1. The SMILES string of the molecule is CCCCCCCc1ccc(-c2ccc(C(CC)OCCC)c(C(=O)O)c2-c2ccccc2)cc1. The molecule has 0 bridgehead atoms. The van der Waals surface area contributed by atoms with Gasteiger partial charge in [-0.3, -0.25) is 0 Å². The van der Waals surface area contributed by atoms with E-state index in [0.29, 0.717) is 12.2 Å². The van der Waals surface area contributed by atoms with E-state index in [-0.39, 0.29) is 6.10 Å². The van der Waals surface area contributed by atoms with E-state index in [1.807, 2.05) is 43.3 Å². The lowest BCUT2D eigenvalue weighted by Crippen LogP contribution is -2.13. The Bertz CT molecular complexity index is 1050. The van der Waals surface area contributed by atoms with Crippen LogP contribution in [0.3, 0.4) is 0 Å². The molecule has 3 aromatic carbocycles. The second-order valence-electron chi connectivity index (χ2n) is 9.25. The Hall–Kier alpha value is -2.91. The summed E-state index contributed by atoms with van der Waals surface area (Å²) in [7, 11) is 0. The second kappa shape index (κ2) is 13.8. The molecule has 0 spiro atoms. The molecule has 3 heteroatoms. The summed E-state index contributed by atoms with van der Waals surface area (Å²) < 4.78 is 6.07. The van der Waals surface area contributed by atoms with Crippen LogP contribution in [0, 0.1) is 0 Å². The summed E-state index contributed by atoms with van der Waals surface area (Å²) in [4.78, 5) is 12.7. The minimum atomic E-state index is -0.914. The van der Waals surface area contributed by atoms with Gasteiger partial charge in [-0.05, 0) is 53.5 Å². The molecule has 35 heavy (non-hydrogen) atoms. The zero-order valence-corrected chi connectivity index (χ0v) is 21.6. The Morgan fingerprint density at radius 2 is 1.51 bits per heavy atom. The van der Waals surface area contributed by atoms with Gasteiger partial charge in [-0.1, -0.05) is 113 Å². The number of hydrogen-bond acceptors (Lipinski definition) is 2. The molecular weight excluding hydrogens is 432 g/mol. The van der Waals surface area contributed by atoms with Crippen molar-refractivity contribution < 1.29 is 14.6 Å². The molecule has 3 nitrogen and oxygen atoms in total. The maximum Gasteiger partial charge on any atom is 0.336 e. The summed E-state index contributed by atoms with van der Waals surface area (Å²) in [6.45, 7) is 6.96. The van der Waals surface area contributed by atoms with E-state index >= 15 is 0 Å². The van der Waals surface area contributed by atoms with Crippen molar-refractivity contribution in [3.63, 3.8) is 0 Å². The van der Waals surface area contributed by atoms with Crippen molar-refractivity contribution in [2.45, 2.75) is 78.2 Å². The molecule has 0 aromatic heterocycles. The van der Waals surface area contributed by atoms with Gasteiger partial charge in [-0.2, -0.15) is 0 Å². The van der Waals surface area contributed by atoms with Gasteiger partial charge in [0.25, 0.3) is 0 Å². The van der Waals surface area contributed by atoms with E-state index in [1.54, 1.807) is 0 Å². The van der Waals surface area contributed by atoms with Crippen LogP contribution in [-0.4, -0.2) is 17.7 Å². The molecule has 1 unspecified atom stereocenters. The van der Waals surface area contributed by atoms with Gasteiger partial charge in [-0.25, -0.2) is 4.79 Å². The van der Waals surface area contributed by atoms with E-state index in [0.717, 1.165) is 47.1 Å². The first-order valence-electron chi connectivity index (χ1n) is 13.3. The fraction of sp³-hybridized carbons (Fsp3) is 0.406. The van der Waals surface area contributed by atoms with Crippen LogP contribution in [0.4, 0.5) is 0 Å². The number of carbonyl (C=O) groups is 1. The number of carboxylic acids is 1. The van der Waals surface area contributed by atoms with Crippen LogP contribution < -0.4 is 0 Å². The molecule has 1 atom stereocenters. The molecule has 186 valence electrons. The van der Waals surface area contributed by atoms with Gasteiger partial charge in [0.2, 0.25) is 0 Å². The second-order valence-corrected chi connectivity index (χ2v) is 9.25. The summed E-state index contributed by atoms with van der Waals surface area (Å²) in [5.41, 5.74) is 6.08. The summed E-state index contributed by atoms with van der Waals surface area (Å²) in [6, 6.07) is 22.6. The lowest BCUT2D eigenvalue weighted by atomic mass is 9.85. The third-order valence-electron chi connectivity index (χ3n) is 6.59. The fourth-order valence-corrected chi connectivity index (χ4v) is 4.73. The van der Waals surface area contributed by atoms with Gasteiger partial charge in [0.1, 0.15) is 0 Å². The molecule has 0 saturated carbocycles. The topological polar surface area (TPSA) is 46.5 Å². The number of hydrogen-bond donors (Lipinski definition) is 1. The smallest absolute Gasteiger partial charge is 0.336 e. The summed E-state index contributed by atoms with van der Waals surface area (Å²) >= 11 is 0. The van der Waals surface area contributed by atoms with Crippen molar-refractivity contribution in [3.8, 4) is 22.3 Å². The van der Waals surface area contributed by atoms with Gasteiger partial charge in [0, 0.05) is 12.2 Å². The zero-order chi connectivity index (χ0) is 25.0. The first-order chi connectivity index (χ1) is 17.1. The molecule has 3 aromatic rings. The van der Waals surface area contributed by atoms with Crippen molar-refractivity contribution in [1.29, 1.82) is 0 Å². The molecule has 3 rings (SSSR count). The minimum absolute atomic E-state index is 0.243. The normalized spacial score (nSPS) is 12.0. The number of benzene rings is 3. The highest BCUT2D eigenvalue weighted by Crippen LogP contribution is 2.40. The third-order valence-corrected chi connectivity index (χ3v) is 6.59. The standard InChI is InChI=1S/C32H40O3/c1-4-7-8-9-11-14-24-17-19-25(20-18-24)27-21-22-28(29(6-3)35-23-5-2)31(32(33)34)30(27)26-15-12-10-13-16-26/h10,12-13,15-22,29H,4-9,11,14,23H2,1-3H3,(H,33,34). The molecule has 0 aliphatic rings. The Morgan fingerprint density at radius 1 is 0.800 bits per heavy atom. The van der Waals surface area contributed by atoms with Gasteiger partial charge in [0.15, 0.2) is 0 Å². The molecule has 1 N–H and O–H groups in total. The van der Waals surface area contributed by atoms with Crippen molar-refractivity contribution in [3.05, 3.63) is 83.4 Å². The summed E-state index contributed by atoms with van der Waals surface area (Å²) in [5.74, 6) is -0.914. The number of unbranched alkanes of at least 4 members (excludes halogenated alkanes) is 4. The molecule has 0 saturated heterocycles. The van der Waals surface area contributed by atoms with Crippen LogP contribution in [0.15, 0.2) is 66.7 Å². The van der Waals surface area contributed by atoms with Crippen molar-refractivity contribution in [1.82, 2.24) is 0 Å². The van der Waals surface area contributed by atoms with Crippen molar-refractivity contribution >= 4 is 5.97 Å². The molecule has 0 radical (unpaired) electrons. The van der Waals surface area contributed by atoms with Crippen LogP contribution in [0.2, 0.25) is 0 Å². The van der Waals surface area contributed by atoms with Crippen LogP contribution >= 0.6 is 0 Å². The Morgan fingerprint density at radius 3 is 2.14 bits per heavy atom. The monoisotopic (exact) mass is 472 g/mol. The highest BCUT2D eigenvalue weighted by Gasteiger charge is 2.25. The lowest BCUT2D eigenvalue weighted by molar-refractivity contribution is 0.0477. The maximum atomic E-state index is 12.7. The Labute approximate surface area is 211 Å². The average molecular weight is 473 g/mol. The maximum absolute atomic E-state index is 12.7. The molecular formula is C32H40O3. The van der Waals surface area contributed by atoms with E-state index in [1.165, 1.54) is 37.7 Å². The predicted octanol–water partition coefficient (Wildman–Crippen LogP) is 9.11. The number of rotatable bonds is 14. The zero-order valence-electron chi connectivity index (χ0n) is 21.6. The van der Waals surface area contributed by atoms with Gasteiger partial charge in [0.05, 0.1) is 11.7 Å². The molecule has 0 heterocycles. The van der Waals surface area contributed by atoms with Gasteiger partial charge in [-0.15, -0.1) is 0 Å². The largest absolute Gasteiger partial charge is 0.478 e. The first kappa shape index (κ1) is 26.7. The van der Waals surface area contributed by atoms with Crippen LogP contribution in [0.25, 0.3) is 22.3 Å². The van der Waals surface area contributed by atoms with Gasteiger partial charge >= 0.3 is 5.97 Å².